The van der Waals surface area contributed by atoms with Crippen LogP contribution in [0.4, 0.5) is 16.2 Å². The Balaban J connectivity index is 1.84. The van der Waals surface area contributed by atoms with E-state index in [1.165, 1.54) is 49.2 Å². The second-order valence-corrected chi connectivity index (χ2v) is 11.0. The number of carbonyl (C=O) groups excluding carboxylic acids is 5. The summed E-state index contributed by atoms with van der Waals surface area (Å²) >= 11 is 1.02. The number of hydrogen-bond acceptors (Lipinski definition) is 11. The number of rotatable bonds is 13. The Morgan fingerprint density at radius 3 is 2.34 bits per heavy atom. The average Bonchev–Trinajstić information content (AvgIpc) is 3.44. The molecule has 0 aromatic heterocycles. The van der Waals surface area contributed by atoms with Crippen LogP contribution >= 0.6 is 11.8 Å². The number of benzene rings is 2. The highest BCUT2D eigenvalue weighted by molar-refractivity contribution is 8.14. The summed E-state index contributed by atoms with van der Waals surface area (Å²) < 4.78 is 10.6. The van der Waals surface area contributed by atoms with Gasteiger partial charge in [-0.25, -0.2) is 14.7 Å². The fourth-order valence-corrected chi connectivity index (χ4v) is 5.24. The van der Waals surface area contributed by atoms with Gasteiger partial charge in [0.15, 0.2) is 5.12 Å². The Labute approximate surface area is 258 Å². The molecule has 2 aromatic rings. The van der Waals surface area contributed by atoms with Crippen molar-refractivity contribution in [3.63, 3.8) is 0 Å². The Morgan fingerprint density at radius 2 is 1.70 bits per heavy atom. The van der Waals surface area contributed by atoms with E-state index in [2.05, 4.69) is 18.5 Å². The van der Waals surface area contributed by atoms with Gasteiger partial charge in [0.2, 0.25) is 5.91 Å². The van der Waals surface area contributed by atoms with Gasteiger partial charge in [-0.05, 0) is 42.3 Å². The molecular formula is C30H34N4O9S. The van der Waals surface area contributed by atoms with Gasteiger partial charge in [0.1, 0.15) is 19.3 Å². The number of likely N-dealkylation sites (tertiary alicyclic amines) is 1. The van der Waals surface area contributed by atoms with Crippen LogP contribution in [0, 0.1) is 0 Å². The van der Waals surface area contributed by atoms with Crippen molar-refractivity contribution in [3.05, 3.63) is 84.5 Å². The maximum Gasteiger partial charge on any atom is 0.410 e. The normalized spacial score (nSPS) is 15.6. The van der Waals surface area contributed by atoms with Crippen LogP contribution in [0.25, 0.3) is 0 Å². The zero-order valence-corrected chi connectivity index (χ0v) is 25.1. The van der Waals surface area contributed by atoms with E-state index in [-0.39, 0.29) is 60.0 Å². The van der Waals surface area contributed by atoms with Crippen molar-refractivity contribution < 1.29 is 43.5 Å². The SMILES string of the molecule is C=CCOC(=O)c1cc(NC(=O)[C@@H]2C[C@H](SC(C)=O)CN2C(=O)OCc2ccc(NO)cc2)cc(C(=O)N(C)OCC=C)c1. The fraction of sp³-hybridized carbons (Fsp3) is 0.300. The molecule has 44 heavy (non-hydrogen) atoms. The molecule has 3 amide bonds. The smallest absolute Gasteiger partial charge is 0.410 e. The van der Waals surface area contributed by atoms with E-state index in [4.69, 9.17) is 19.5 Å². The van der Waals surface area contributed by atoms with Gasteiger partial charge in [-0.1, -0.05) is 42.6 Å². The highest BCUT2D eigenvalue weighted by Gasteiger charge is 2.41. The zero-order chi connectivity index (χ0) is 32.2. The second kappa shape index (κ2) is 16.3. The molecule has 1 heterocycles. The quantitative estimate of drug-likeness (QED) is 0.167. The molecule has 0 aliphatic carbocycles. The predicted molar refractivity (Wildman–Crippen MR) is 163 cm³/mol. The molecular weight excluding hydrogens is 592 g/mol. The predicted octanol–water partition coefficient (Wildman–Crippen LogP) is 4.02. The topological polar surface area (TPSA) is 164 Å². The van der Waals surface area contributed by atoms with Crippen LogP contribution < -0.4 is 10.8 Å². The molecule has 0 bridgehead atoms. The van der Waals surface area contributed by atoms with Crippen molar-refractivity contribution >= 4 is 52.1 Å². The molecule has 2 aromatic carbocycles. The highest BCUT2D eigenvalue weighted by atomic mass is 32.2. The number of amides is 3. The van der Waals surface area contributed by atoms with E-state index in [0.29, 0.717) is 11.3 Å². The Hall–Kier alpha value is -4.66. The van der Waals surface area contributed by atoms with E-state index < -0.39 is 29.9 Å². The third-order valence-corrected chi connectivity index (χ3v) is 7.27. The minimum absolute atomic E-state index is 0.0137. The molecule has 0 unspecified atom stereocenters. The number of anilines is 2. The summed E-state index contributed by atoms with van der Waals surface area (Å²) in [6.07, 6.45) is 2.24. The highest BCUT2D eigenvalue weighted by Crippen LogP contribution is 2.30. The van der Waals surface area contributed by atoms with Crippen LogP contribution in [-0.2, 0) is 30.5 Å². The van der Waals surface area contributed by atoms with Gasteiger partial charge in [-0.3, -0.25) is 34.8 Å². The molecule has 13 nitrogen and oxygen atoms in total. The van der Waals surface area contributed by atoms with Crippen LogP contribution in [0.2, 0.25) is 0 Å². The summed E-state index contributed by atoms with van der Waals surface area (Å²) in [5.74, 6) is -1.97. The first-order valence-electron chi connectivity index (χ1n) is 13.4. The first-order chi connectivity index (χ1) is 21.1. The molecule has 3 rings (SSSR count). The molecule has 0 radical (unpaired) electrons. The van der Waals surface area contributed by atoms with Crippen molar-refractivity contribution in [2.45, 2.75) is 31.2 Å². The molecule has 14 heteroatoms. The van der Waals surface area contributed by atoms with Crippen molar-refractivity contribution in [2.24, 2.45) is 0 Å². The lowest BCUT2D eigenvalue weighted by Crippen LogP contribution is -2.43. The molecule has 1 aliphatic rings. The van der Waals surface area contributed by atoms with Gasteiger partial charge >= 0.3 is 12.1 Å². The third-order valence-electron chi connectivity index (χ3n) is 6.27. The van der Waals surface area contributed by atoms with Crippen molar-refractivity contribution in [3.8, 4) is 0 Å². The maximum atomic E-state index is 13.6. The number of carbonyl (C=O) groups is 5. The molecule has 1 saturated heterocycles. The van der Waals surface area contributed by atoms with Gasteiger partial charge in [-0.2, -0.15) is 0 Å². The average molecular weight is 627 g/mol. The standard InChI is InChI=1S/C30H34N4O9S/c1-5-11-41-29(38)22-13-21(28(37)33(4)43-12-6-2)14-24(15-22)31-27(36)26-16-25(44-19(3)35)17-34(26)30(39)42-18-20-7-9-23(32-40)10-8-20/h5-10,13-15,25-26,32,40H,1-2,11-12,16-18H2,3-4H3,(H,31,36)/t25-,26-/m0/s1. The van der Waals surface area contributed by atoms with E-state index in [0.717, 1.165) is 16.8 Å². The summed E-state index contributed by atoms with van der Waals surface area (Å²) in [7, 11) is 1.39. The maximum absolute atomic E-state index is 13.6. The lowest BCUT2D eigenvalue weighted by Gasteiger charge is -2.23. The summed E-state index contributed by atoms with van der Waals surface area (Å²) in [5, 5.41) is 12.1. The van der Waals surface area contributed by atoms with Gasteiger partial charge in [-0.15, -0.1) is 6.58 Å². The molecule has 2 atom stereocenters. The molecule has 1 fully saturated rings. The van der Waals surface area contributed by atoms with Crippen LogP contribution in [-0.4, -0.2) is 82.3 Å². The van der Waals surface area contributed by atoms with Crippen molar-refractivity contribution in [1.29, 1.82) is 0 Å². The third kappa shape index (κ3) is 9.42. The first-order valence-corrected chi connectivity index (χ1v) is 14.3. The number of hydroxylamine groups is 2. The summed E-state index contributed by atoms with van der Waals surface area (Å²) in [4.78, 5) is 70.7. The van der Waals surface area contributed by atoms with Crippen LogP contribution in [0.3, 0.4) is 0 Å². The number of thioether (sulfide) groups is 1. The molecule has 0 saturated carbocycles. The lowest BCUT2D eigenvalue weighted by atomic mass is 10.1. The molecule has 0 spiro atoms. The summed E-state index contributed by atoms with van der Waals surface area (Å²) in [5.41, 5.74) is 3.22. The van der Waals surface area contributed by atoms with Crippen LogP contribution in [0.15, 0.2) is 67.8 Å². The summed E-state index contributed by atoms with van der Waals surface area (Å²) in [6, 6.07) is 9.49. The largest absolute Gasteiger partial charge is 0.458 e. The Kier molecular flexibility index (Phi) is 12.5. The van der Waals surface area contributed by atoms with Gasteiger partial charge in [0, 0.05) is 37.0 Å². The summed E-state index contributed by atoms with van der Waals surface area (Å²) in [6.45, 7) is 8.43. The van der Waals surface area contributed by atoms with E-state index in [1.807, 2.05) is 5.48 Å². The van der Waals surface area contributed by atoms with E-state index in [1.54, 1.807) is 24.3 Å². The van der Waals surface area contributed by atoms with Gasteiger partial charge in [0.25, 0.3) is 5.91 Å². The Bertz CT molecular complexity index is 1400. The van der Waals surface area contributed by atoms with Crippen LogP contribution in [0.5, 0.6) is 0 Å². The molecule has 234 valence electrons. The van der Waals surface area contributed by atoms with Crippen molar-refractivity contribution in [2.75, 3.05) is 37.6 Å². The second-order valence-electron chi connectivity index (χ2n) is 9.56. The monoisotopic (exact) mass is 626 g/mol. The number of nitrogens with zero attached hydrogens (tertiary/aromatic N) is 2. The van der Waals surface area contributed by atoms with Crippen LogP contribution in [0.1, 0.15) is 39.6 Å². The fourth-order valence-electron chi connectivity index (χ4n) is 4.26. The van der Waals surface area contributed by atoms with E-state index in [9.17, 15) is 24.0 Å². The minimum Gasteiger partial charge on any atom is -0.458 e. The zero-order valence-electron chi connectivity index (χ0n) is 24.3. The number of esters is 1. The lowest BCUT2D eigenvalue weighted by molar-refractivity contribution is -0.120. The van der Waals surface area contributed by atoms with Gasteiger partial charge < -0.3 is 14.8 Å². The van der Waals surface area contributed by atoms with Crippen molar-refractivity contribution in [1.82, 2.24) is 9.96 Å². The molecule has 1 aliphatic heterocycles. The minimum atomic E-state index is -1.02. The first kappa shape index (κ1) is 33.8. The van der Waals surface area contributed by atoms with E-state index >= 15 is 0 Å². The Morgan fingerprint density at radius 1 is 1.02 bits per heavy atom. The number of hydrogen-bond donors (Lipinski definition) is 3. The number of nitrogens with one attached hydrogen (secondary N) is 2. The van der Waals surface area contributed by atoms with Gasteiger partial charge in [0.05, 0.1) is 17.9 Å². The number of ether oxygens (including phenoxy) is 2. The molecule has 3 N–H and O–H groups in total.